The fourth-order valence-corrected chi connectivity index (χ4v) is 3.45. The van der Waals surface area contributed by atoms with Gasteiger partial charge in [0.05, 0.1) is 0 Å². The van der Waals surface area contributed by atoms with Gasteiger partial charge in [-0.05, 0) is 54.8 Å². The zero-order valence-electron chi connectivity index (χ0n) is 9.17. The summed E-state index contributed by atoms with van der Waals surface area (Å²) in [5, 5.41) is 0. The highest BCUT2D eigenvalue weighted by atomic mass is 79.9. The molecule has 0 spiro atoms. The number of halogens is 1. The Morgan fingerprint density at radius 2 is 2.20 bits per heavy atom. The van der Waals surface area contributed by atoms with Gasteiger partial charge in [-0.2, -0.15) is 0 Å². The molecule has 15 heavy (non-hydrogen) atoms. The molecule has 2 atom stereocenters. The molecule has 2 N–H and O–H groups in total. The van der Waals surface area contributed by atoms with Gasteiger partial charge >= 0.3 is 0 Å². The minimum atomic E-state index is 0.679. The molecular formula is C13H18BrN. The van der Waals surface area contributed by atoms with E-state index < -0.39 is 0 Å². The molecule has 1 aliphatic rings. The van der Waals surface area contributed by atoms with Crippen LogP contribution in [0.3, 0.4) is 0 Å². The molecule has 0 amide bonds. The molecule has 0 saturated heterocycles. The maximum Gasteiger partial charge on any atom is 0.0212 e. The minimum Gasteiger partial charge on any atom is -0.330 e. The summed E-state index contributed by atoms with van der Waals surface area (Å²) in [5.74, 6) is 1.36. The molecule has 1 nitrogen and oxygen atoms in total. The molecule has 2 rings (SSSR count). The van der Waals surface area contributed by atoms with Crippen molar-refractivity contribution < 1.29 is 0 Å². The Labute approximate surface area is 100 Å². The van der Waals surface area contributed by atoms with Gasteiger partial charge in [-0.3, -0.25) is 0 Å². The number of rotatable bonds is 2. The van der Waals surface area contributed by atoms with Crippen LogP contribution >= 0.6 is 15.9 Å². The maximum absolute atomic E-state index is 5.68. The molecule has 2 unspecified atom stereocenters. The third-order valence-electron chi connectivity index (χ3n) is 3.48. The first-order chi connectivity index (χ1) is 7.24. The van der Waals surface area contributed by atoms with Gasteiger partial charge in [-0.25, -0.2) is 0 Å². The number of hydrogen-bond acceptors (Lipinski definition) is 1. The zero-order valence-corrected chi connectivity index (χ0v) is 10.8. The molecule has 0 aliphatic heterocycles. The molecule has 82 valence electrons. The van der Waals surface area contributed by atoms with Crippen molar-refractivity contribution in [1.82, 2.24) is 0 Å². The van der Waals surface area contributed by atoms with Gasteiger partial charge < -0.3 is 5.73 Å². The third-order valence-corrected chi connectivity index (χ3v) is 4.17. The molecule has 0 fully saturated rings. The first-order valence-electron chi connectivity index (χ1n) is 5.72. The first kappa shape index (κ1) is 11.2. The Bertz CT molecular complexity index is 348. The summed E-state index contributed by atoms with van der Waals surface area (Å²) in [6.45, 7) is 3.12. The summed E-state index contributed by atoms with van der Waals surface area (Å²) in [7, 11) is 0. The first-order valence-corrected chi connectivity index (χ1v) is 6.51. The molecule has 2 heteroatoms. The van der Waals surface area contributed by atoms with Crippen LogP contribution in [0.5, 0.6) is 0 Å². The van der Waals surface area contributed by atoms with E-state index in [0.717, 1.165) is 13.0 Å². The van der Waals surface area contributed by atoms with Gasteiger partial charge in [-0.1, -0.05) is 35.0 Å². The van der Waals surface area contributed by atoms with Gasteiger partial charge in [0.2, 0.25) is 0 Å². The van der Waals surface area contributed by atoms with Gasteiger partial charge in [0.25, 0.3) is 0 Å². The van der Waals surface area contributed by atoms with Crippen LogP contribution in [0.4, 0.5) is 0 Å². The molecule has 1 aliphatic carbocycles. The Morgan fingerprint density at radius 3 is 2.93 bits per heavy atom. The van der Waals surface area contributed by atoms with Crippen molar-refractivity contribution in [2.24, 2.45) is 5.73 Å². The second-order valence-corrected chi connectivity index (χ2v) is 5.35. The summed E-state index contributed by atoms with van der Waals surface area (Å²) in [4.78, 5) is 0. The fourth-order valence-electron chi connectivity index (χ4n) is 2.68. The lowest BCUT2D eigenvalue weighted by Gasteiger charge is -2.30. The van der Waals surface area contributed by atoms with E-state index in [0.29, 0.717) is 11.8 Å². The SMILES string of the molecule is CC1CCC(CCN)c2cccc(Br)c21. The van der Waals surface area contributed by atoms with Crippen molar-refractivity contribution in [3.63, 3.8) is 0 Å². The molecule has 0 saturated carbocycles. The lowest BCUT2D eigenvalue weighted by atomic mass is 9.76. The fraction of sp³-hybridized carbons (Fsp3) is 0.538. The van der Waals surface area contributed by atoms with E-state index in [1.165, 1.54) is 28.4 Å². The lowest BCUT2D eigenvalue weighted by Crippen LogP contribution is -2.16. The number of fused-ring (bicyclic) bond motifs is 1. The summed E-state index contributed by atoms with van der Waals surface area (Å²) < 4.78 is 1.27. The van der Waals surface area contributed by atoms with Crippen molar-refractivity contribution in [1.29, 1.82) is 0 Å². The topological polar surface area (TPSA) is 26.0 Å². The summed E-state index contributed by atoms with van der Waals surface area (Å²) in [6, 6.07) is 6.57. The minimum absolute atomic E-state index is 0.679. The Balaban J connectivity index is 2.41. The normalized spacial score (nSPS) is 25.0. The van der Waals surface area contributed by atoms with Crippen LogP contribution in [0.1, 0.15) is 49.1 Å². The predicted molar refractivity (Wildman–Crippen MR) is 68.2 cm³/mol. The van der Waals surface area contributed by atoms with Crippen molar-refractivity contribution in [2.75, 3.05) is 6.54 Å². The van der Waals surface area contributed by atoms with Gasteiger partial charge in [-0.15, -0.1) is 0 Å². The van der Waals surface area contributed by atoms with E-state index in [-0.39, 0.29) is 0 Å². The lowest BCUT2D eigenvalue weighted by molar-refractivity contribution is 0.482. The zero-order chi connectivity index (χ0) is 10.8. The van der Waals surface area contributed by atoms with Crippen LogP contribution in [0.2, 0.25) is 0 Å². The Hall–Kier alpha value is -0.340. The van der Waals surface area contributed by atoms with Gasteiger partial charge in [0, 0.05) is 4.47 Å². The average Bonchev–Trinajstić information content (AvgIpc) is 2.22. The standard InChI is InChI=1S/C13H18BrN/c1-9-5-6-10(7-8-15)11-3-2-4-12(14)13(9)11/h2-4,9-10H,5-8,15H2,1H3. The van der Waals surface area contributed by atoms with E-state index >= 15 is 0 Å². The van der Waals surface area contributed by atoms with E-state index in [2.05, 4.69) is 41.1 Å². The van der Waals surface area contributed by atoms with Crippen LogP contribution in [0.25, 0.3) is 0 Å². The summed E-state index contributed by atoms with van der Waals surface area (Å²) in [6.07, 6.45) is 3.71. The highest BCUT2D eigenvalue weighted by Gasteiger charge is 2.25. The largest absolute Gasteiger partial charge is 0.330 e. The van der Waals surface area contributed by atoms with Crippen molar-refractivity contribution in [3.05, 3.63) is 33.8 Å². The molecular weight excluding hydrogens is 250 g/mol. The molecule has 0 radical (unpaired) electrons. The number of nitrogens with two attached hydrogens (primary N) is 1. The summed E-state index contributed by atoms with van der Waals surface area (Å²) >= 11 is 3.67. The van der Waals surface area contributed by atoms with E-state index in [1.807, 2.05) is 0 Å². The highest BCUT2D eigenvalue weighted by molar-refractivity contribution is 9.10. The summed E-state index contributed by atoms with van der Waals surface area (Å²) in [5.41, 5.74) is 8.72. The smallest absolute Gasteiger partial charge is 0.0212 e. The van der Waals surface area contributed by atoms with Gasteiger partial charge in [0.15, 0.2) is 0 Å². The van der Waals surface area contributed by atoms with Crippen LogP contribution in [0, 0.1) is 0 Å². The maximum atomic E-state index is 5.68. The highest BCUT2D eigenvalue weighted by Crippen LogP contribution is 2.43. The van der Waals surface area contributed by atoms with E-state index in [4.69, 9.17) is 5.73 Å². The molecule has 0 aromatic heterocycles. The van der Waals surface area contributed by atoms with Crippen LogP contribution in [0.15, 0.2) is 22.7 Å². The van der Waals surface area contributed by atoms with Crippen LogP contribution in [-0.2, 0) is 0 Å². The Kier molecular flexibility index (Phi) is 3.47. The van der Waals surface area contributed by atoms with Gasteiger partial charge in [0.1, 0.15) is 0 Å². The van der Waals surface area contributed by atoms with Crippen molar-refractivity contribution >= 4 is 15.9 Å². The quantitative estimate of drug-likeness (QED) is 0.867. The second kappa shape index (κ2) is 4.67. The average molecular weight is 268 g/mol. The van der Waals surface area contributed by atoms with E-state index in [9.17, 15) is 0 Å². The van der Waals surface area contributed by atoms with Crippen LogP contribution in [-0.4, -0.2) is 6.54 Å². The van der Waals surface area contributed by atoms with E-state index in [1.54, 1.807) is 0 Å². The second-order valence-electron chi connectivity index (χ2n) is 4.50. The molecule has 0 heterocycles. The molecule has 0 bridgehead atoms. The Morgan fingerprint density at radius 1 is 1.40 bits per heavy atom. The predicted octanol–water partition coefficient (Wildman–Crippen LogP) is 3.78. The van der Waals surface area contributed by atoms with Crippen molar-refractivity contribution in [2.45, 2.75) is 38.0 Å². The van der Waals surface area contributed by atoms with Crippen molar-refractivity contribution in [3.8, 4) is 0 Å². The number of benzene rings is 1. The number of hydrogen-bond donors (Lipinski definition) is 1. The van der Waals surface area contributed by atoms with Crippen LogP contribution < -0.4 is 5.73 Å². The molecule has 1 aromatic rings. The monoisotopic (exact) mass is 267 g/mol. The molecule has 1 aromatic carbocycles. The third kappa shape index (κ3) is 2.11.